The molecule has 0 saturated heterocycles. The summed E-state index contributed by atoms with van der Waals surface area (Å²) in [4.78, 5) is 10.8. The Labute approximate surface area is 85.4 Å². The highest BCUT2D eigenvalue weighted by molar-refractivity contribution is 7.82. The molecule has 0 bridgehead atoms. The molecule has 6 heteroatoms. The number of nitrogens with one attached hydrogen (secondary N) is 1. The minimum absolute atomic E-state index is 0.609. The van der Waals surface area contributed by atoms with Gasteiger partial charge in [-0.3, -0.25) is 5.10 Å². The standard InChI is InChI=1S/C8H8N4OS/c9-8(13)12(14)6-2-1-5-4-10-11-7(5)3-6/h1-4,14H,(H2,9,13)(H,10,11). The van der Waals surface area contributed by atoms with E-state index in [1.807, 2.05) is 6.07 Å². The van der Waals surface area contributed by atoms with Crippen LogP contribution in [0.5, 0.6) is 0 Å². The molecule has 72 valence electrons. The zero-order chi connectivity index (χ0) is 10.1. The summed E-state index contributed by atoms with van der Waals surface area (Å²) in [5.74, 6) is 0. The molecular formula is C8H8N4OS. The number of hydrogen-bond acceptors (Lipinski definition) is 3. The zero-order valence-electron chi connectivity index (χ0n) is 7.14. The molecular weight excluding hydrogens is 200 g/mol. The molecule has 5 nitrogen and oxygen atoms in total. The molecule has 0 atom stereocenters. The third-order valence-corrected chi connectivity index (χ3v) is 2.31. The number of nitrogens with zero attached hydrogens (tertiary/aromatic N) is 2. The molecule has 3 N–H and O–H groups in total. The van der Waals surface area contributed by atoms with Crippen LogP contribution in [0, 0.1) is 0 Å². The number of benzene rings is 1. The van der Waals surface area contributed by atoms with Crippen molar-refractivity contribution in [2.24, 2.45) is 5.73 Å². The lowest BCUT2D eigenvalue weighted by atomic mass is 10.2. The first kappa shape index (κ1) is 8.89. The molecule has 1 aromatic carbocycles. The molecule has 0 spiro atoms. The van der Waals surface area contributed by atoms with E-state index in [-0.39, 0.29) is 0 Å². The second kappa shape index (κ2) is 3.22. The molecule has 2 amide bonds. The lowest BCUT2D eigenvalue weighted by molar-refractivity contribution is 0.257. The van der Waals surface area contributed by atoms with Gasteiger partial charge in [0.1, 0.15) is 0 Å². The van der Waals surface area contributed by atoms with Gasteiger partial charge in [0.15, 0.2) is 0 Å². The third-order valence-electron chi connectivity index (χ3n) is 1.88. The van der Waals surface area contributed by atoms with Crippen LogP contribution in [0.1, 0.15) is 0 Å². The molecule has 2 aromatic rings. The van der Waals surface area contributed by atoms with Crippen LogP contribution >= 0.6 is 12.8 Å². The fourth-order valence-electron chi connectivity index (χ4n) is 1.18. The Hall–Kier alpha value is -1.69. The van der Waals surface area contributed by atoms with Crippen LogP contribution < -0.4 is 10.0 Å². The monoisotopic (exact) mass is 208 g/mol. The number of anilines is 1. The highest BCUT2D eigenvalue weighted by Gasteiger charge is 2.08. The molecule has 2 rings (SSSR count). The van der Waals surface area contributed by atoms with Gasteiger partial charge in [0.05, 0.1) is 17.4 Å². The fraction of sp³-hybridized carbons (Fsp3) is 0. The highest BCUT2D eigenvalue weighted by atomic mass is 32.1. The van der Waals surface area contributed by atoms with Crippen molar-refractivity contribution in [1.29, 1.82) is 0 Å². The molecule has 1 heterocycles. The summed E-state index contributed by atoms with van der Waals surface area (Å²) in [7, 11) is 0. The van der Waals surface area contributed by atoms with Gasteiger partial charge in [-0.2, -0.15) is 5.10 Å². The van der Waals surface area contributed by atoms with E-state index in [9.17, 15) is 4.79 Å². The Morgan fingerprint density at radius 1 is 1.57 bits per heavy atom. The Bertz CT molecular complexity index is 481. The number of carbonyl (C=O) groups is 1. The largest absolute Gasteiger partial charge is 0.350 e. The van der Waals surface area contributed by atoms with Gasteiger partial charge >= 0.3 is 6.03 Å². The summed E-state index contributed by atoms with van der Waals surface area (Å²) in [5.41, 5.74) is 6.52. The van der Waals surface area contributed by atoms with Crippen molar-refractivity contribution in [2.75, 3.05) is 4.31 Å². The number of thiol groups is 1. The summed E-state index contributed by atoms with van der Waals surface area (Å²) in [6.45, 7) is 0. The summed E-state index contributed by atoms with van der Waals surface area (Å²) < 4.78 is 1.07. The predicted octanol–water partition coefficient (Wildman–Crippen LogP) is 1.29. The molecule has 0 radical (unpaired) electrons. The molecule has 0 unspecified atom stereocenters. The number of rotatable bonds is 1. The maximum Gasteiger partial charge on any atom is 0.329 e. The summed E-state index contributed by atoms with van der Waals surface area (Å²) in [5, 5.41) is 7.63. The van der Waals surface area contributed by atoms with Crippen LogP contribution in [-0.2, 0) is 0 Å². The number of aromatic amines is 1. The molecule has 0 fully saturated rings. The number of amides is 2. The SMILES string of the molecule is NC(=O)N(S)c1ccc2cn[nH]c2c1. The number of nitrogens with two attached hydrogens (primary N) is 1. The van der Waals surface area contributed by atoms with Crippen molar-refractivity contribution in [1.82, 2.24) is 10.2 Å². The van der Waals surface area contributed by atoms with Gasteiger partial charge in [-0.15, -0.1) is 0 Å². The van der Waals surface area contributed by atoms with Crippen LogP contribution in [0.4, 0.5) is 10.5 Å². The topological polar surface area (TPSA) is 75.0 Å². The summed E-state index contributed by atoms with van der Waals surface area (Å²) in [6.07, 6.45) is 1.70. The highest BCUT2D eigenvalue weighted by Crippen LogP contribution is 2.21. The van der Waals surface area contributed by atoms with E-state index >= 15 is 0 Å². The first-order chi connectivity index (χ1) is 6.68. The zero-order valence-corrected chi connectivity index (χ0v) is 8.03. The summed E-state index contributed by atoms with van der Waals surface area (Å²) >= 11 is 3.95. The third kappa shape index (κ3) is 1.39. The van der Waals surface area contributed by atoms with Crippen molar-refractivity contribution < 1.29 is 4.79 Å². The maximum atomic E-state index is 10.8. The van der Waals surface area contributed by atoms with Gasteiger partial charge in [-0.05, 0) is 18.2 Å². The van der Waals surface area contributed by atoms with Gasteiger partial charge in [0, 0.05) is 5.39 Å². The Balaban J connectivity index is 2.48. The number of urea groups is 1. The van der Waals surface area contributed by atoms with Crippen LogP contribution in [0.2, 0.25) is 0 Å². The number of fused-ring (bicyclic) bond motifs is 1. The van der Waals surface area contributed by atoms with E-state index in [2.05, 4.69) is 23.0 Å². The van der Waals surface area contributed by atoms with E-state index in [0.29, 0.717) is 5.69 Å². The van der Waals surface area contributed by atoms with Gasteiger partial charge in [-0.25, -0.2) is 9.10 Å². The Kier molecular flexibility index (Phi) is 2.05. The smallest absolute Gasteiger partial charge is 0.329 e. The molecule has 0 aliphatic heterocycles. The van der Waals surface area contributed by atoms with Gasteiger partial charge in [-0.1, -0.05) is 12.8 Å². The summed E-state index contributed by atoms with van der Waals surface area (Å²) in [6, 6.07) is 4.71. The van der Waals surface area contributed by atoms with Gasteiger partial charge < -0.3 is 5.73 Å². The van der Waals surface area contributed by atoms with Crippen molar-refractivity contribution in [3.8, 4) is 0 Å². The quantitative estimate of drug-likeness (QED) is 0.618. The van der Waals surface area contributed by atoms with E-state index in [0.717, 1.165) is 15.2 Å². The van der Waals surface area contributed by atoms with E-state index in [1.54, 1.807) is 18.3 Å². The van der Waals surface area contributed by atoms with Crippen LogP contribution in [0.15, 0.2) is 24.4 Å². The van der Waals surface area contributed by atoms with Gasteiger partial charge in [0.2, 0.25) is 0 Å². The molecule has 0 saturated carbocycles. The maximum absolute atomic E-state index is 10.8. The van der Waals surface area contributed by atoms with Gasteiger partial charge in [0.25, 0.3) is 0 Å². The lowest BCUT2D eigenvalue weighted by Gasteiger charge is -2.11. The van der Waals surface area contributed by atoms with Crippen molar-refractivity contribution >= 4 is 35.4 Å². The minimum atomic E-state index is -0.618. The van der Waals surface area contributed by atoms with Crippen molar-refractivity contribution in [2.45, 2.75) is 0 Å². The second-order valence-electron chi connectivity index (χ2n) is 2.79. The average Bonchev–Trinajstić information content (AvgIpc) is 2.62. The van der Waals surface area contributed by atoms with E-state index in [4.69, 9.17) is 5.73 Å². The van der Waals surface area contributed by atoms with Crippen LogP contribution in [0.25, 0.3) is 10.9 Å². The molecule has 14 heavy (non-hydrogen) atoms. The van der Waals surface area contributed by atoms with Crippen molar-refractivity contribution in [3.63, 3.8) is 0 Å². The minimum Gasteiger partial charge on any atom is -0.350 e. The normalized spacial score (nSPS) is 10.4. The number of aromatic nitrogens is 2. The number of hydrogen-bond donors (Lipinski definition) is 3. The Morgan fingerprint density at radius 2 is 2.36 bits per heavy atom. The lowest BCUT2D eigenvalue weighted by Crippen LogP contribution is -2.27. The van der Waals surface area contributed by atoms with Crippen LogP contribution in [0.3, 0.4) is 0 Å². The van der Waals surface area contributed by atoms with E-state index < -0.39 is 6.03 Å². The fourth-order valence-corrected chi connectivity index (χ4v) is 1.31. The van der Waals surface area contributed by atoms with Crippen LogP contribution in [-0.4, -0.2) is 16.2 Å². The molecule has 0 aliphatic carbocycles. The van der Waals surface area contributed by atoms with E-state index in [1.165, 1.54) is 0 Å². The molecule has 0 aliphatic rings. The molecule has 1 aromatic heterocycles. The first-order valence-corrected chi connectivity index (χ1v) is 4.30. The predicted molar refractivity (Wildman–Crippen MR) is 57.1 cm³/mol. The number of primary amides is 1. The number of carbonyl (C=O) groups excluding carboxylic acids is 1. The average molecular weight is 208 g/mol. The second-order valence-corrected chi connectivity index (χ2v) is 3.19. The number of H-pyrrole nitrogens is 1. The first-order valence-electron chi connectivity index (χ1n) is 3.90. The van der Waals surface area contributed by atoms with Crippen molar-refractivity contribution in [3.05, 3.63) is 24.4 Å². The Morgan fingerprint density at radius 3 is 3.07 bits per heavy atom.